The molecule has 0 radical (unpaired) electrons. The van der Waals surface area contributed by atoms with Gasteiger partial charge >= 0.3 is 0 Å². The number of amides is 2. The fourth-order valence-corrected chi connectivity index (χ4v) is 2.35. The number of hydrazone groups is 1. The number of nitrogens with zero attached hydrogens (tertiary/aromatic N) is 1. The van der Waals surface area contributed by atoms with Crippen molar-refractivity contribution in [2.24, 2.45) is 5.10 Å². The normalized spacial score (nSPS) is 11.1. The first-order valence-corrected chi connectivity index (χ1v) is 8.12. The number of anilines is 1. The Labute approximate surface area is 155 Å². The van der Waals surface area contributed by atoms with Gasteiger partial charge in [-0.2, -0.15) is 5.10 Å². The summed E-state index contributed by atoms with van der Waals surface area (Å²) in [6, 6.07) is 16.4. The van der Waals surface area contributed by atoms with Crippen LogP contribution in [0.25, 0.3) is 0 Å². The molecule has 2 amide bonds. The first-order chi connectivity index (χ1) is 13.0. The van der Waals surface area contributed by atoms with Crippen LogP contribution in [0.15, 0.2) is 76.4 Å². The molecule has 3 rings (SSSR count). The molecule has 3 aromatic rings. The van der Waals surface area contributed by atoms with Crippen molar-refractivity contribution in [1.29, 1.82) is 0 Å². The molecule has 7 nitrogen and oxygen atoms in total. The van der Waals surface area contributed by atoms with Crippen LogP contribution >= 0.6 is 0 Å². The highest BCUT2D eigenvalue weighted by Crippen LogP contribution is 2.16. The average Bonchev–Trinajstić information content (AvgIpc) is 3.21. The van der Waals surface area contributed by atoms with Crippen molar-refractivity contribution >= 4 is 23.2 Å². The molecule has 0 aliphatic rings. The fourth-order valence-electron chi connectivity index (χ4n) is 2.35. The molecule has 0 fully saturated rings. The van der Waals surface area contributed by atoms with Crippen LogP contribution in [0.2, 0.25) is 0 Å². The van der Waals surface area contributed by atoms with E-state index in [1.807, 2.05) is 0 Å². The lowest BCUT2D eigenvalue weighted by molar-refractivity contribution is 0.0951. The number of benzene rings is 2. The molecule has 0 saturated carbocycles. The Morgan fingerprint density at radius 1 is 1.00 bits per heavy atom. The summed E-state index contributed by atoms with van der Waals surface area (Å²) < 4.78 is 5.06. The lowest BCUT2D eigenvalue weighted by Crippen LogP contribution is -2.19. The Hall–Kier alpha value is -3.87. The standard InChI is InChI=1S/C20H17N3O4/c1-13(22-23-19(25)16-8-2-3-9-17(16)24)14-6-4-7-15(12-14)21-20(26)18-10-5-11-27-18/h2-12,24H,1H3,(H,21,26)(H,23,25). The van der Waals surface area contributed by atoms with Crippen LogP contribution in [0.3, 0.4) is 0 Å². The van der Waals surface area contributed by atoms with Gasteiger partial charge in [-0.1, -0.05) is 24.3 Å². The first kappa shape index (κ1) is 17.9. The van der Waals surface area contributed by atoms with Gasteiger partial charge in [0.15, 0.2) is 5.76 Å². The molecule has 1 heterocycles. The minimum Gasteiger partial charge on any atom is -0.507 e. The third-order valence-corrected chi connectivity index (χ3v) is 3.76. The quantitative estimate of drug-likeness (QED) is 0.477. The summed E-state index contributed by atoms with van der Waals surface area (Å²) >= 11 is 0. The Morgan fingerprint density at radius 2 is 1.81 bits per heavy atom. The van der Waals surface area contributed by atoms with Crippen LogP contribution in [0.1, 0.15) is 33.4 Å². The fraction of sp³-hybridized carbons (Fsp3) is 0.0500. The van der Waals surface area contributed by atoms with Crippen molar-refractivity contribution in [3.8, 4) is 5.75 Å². The zero-order chi connectivity index (χ0) is 19.2. The molecule has 7 heteroatoms. The van der Waals surface area contributed by atoms with Crippen molar-refractivity contribution in [3.05, 3.63) is 83.8 Å². The van der Waals surface area contributed by atoms with Crippen molar-refractivity contribution < 1.29 is 19.1 Å². The van der Waals surface area contributed by atoms with Crippen LogP contribution < -0.4 is 10.7 Å². The highest BCUT2D eigenvalue weighted by Gasteiger charge is 2.11. The number of carbonyl (C=O) groups is 2. The van der Waals surface area contributed by atoms with E-state index in [0.717, 1.165) is 0 Å². The lowest BCUT2D eigenvalue weighted by Gasteiger charge is -2.07. The molecule has 3 N–H and O–H groups in total. The molecule has 0 spiro atoms. The summed E-state index contributed by atoms with van der Waals surface area (Å²) in [6.45, 7) is 1.72. The molecular formula is C20H17N3O4. The Morgan fingerprint density at radius 3 is 2.56 bits per heavy atom. The summed E-state index contributed by atoms with van der Waals surface area (Å²) in [4.78, 5) is 24.1. The largest absolute Gasteiger partial charge is 0.507 e. The third kappa shape index (κ3) is 4.40. The molecule has 0 aliphatic carbocycles. The van der Waals surface area contributed by atoms with E-state index >= 15 is 0 Å². The summed E-state index contributed by atoms with van der Waals surface area (Å²) in [5.74, 6) is -0.791. The second-order valence-electron chi connectivity index (χ2n) is 5.67. The van der Waals surface area contributed by atoms with Crippen molar-refractivity contribution in [2.45, 2.75) is 6.92 Å². The maximum absolute atomic E-state index is 12.1. The van der Waals surface area contributed by atoms with E-state index in [-0.39, 0.29) is 23.0 Å². The molecule has 2 aromatic carbocycles. The van der Waals surface area contributed by atoms with E-state index in [0.29, 0.717) is 17.0 Å². The van der Waals surface area contributed by atoms with Gasteiger partial charge in [0.1, 0.15) is 5.75 Å². The molecule has 136 valence electrons. The van der Waals surface area contributed by atoms with Crippen molar-refractivity contribution in [1.82, 2.24) is 5.43 Å². The molecule has 0 atom stereocenters. The van der Waals surface area contributed by atoms with Crippen LogP contribution in [0.4, 0.5) is 5.69 Å². The van der Waals surface area contributed by atoms with Gasteiger partial charge in [-0.25, -0.2) is 5.43 Å². The summed E-state index contributed by atoms with van der Waals surface area (Å²) in [5, 5.41) is 16.5. The van der Waals surface area contributed by atoms with E-state index < -0.39 is 5.91 Å². The molecule has 0 bridgehead atoms. The maximum atomic E-state index is 12.1. The molecule has 0 saturated heterocycles. The smallest absolute Gasteiger partial charge is 0.291 e. The zero-order valence-corrected chi connectivity index (χ0v) is 14.5. The number of hydrogen-bond acceptors (Lipinski definition) is 5. The van der Waals surface area contributed by atoms with Gasteiger partial charge in [-0.15, -0.1) is 0 Å². The van der Waals surface area contributed by atoms with Gasteiger partial charge < -0.3 is 14.8 Å². The number of carbonyl (C=O) groups excluding carboxylic acids is 2. The Bertz CT molecular complexity index is 994. The molecular weight excluding hydrogens is 346 g/mol. The number of phenolic OH excluding ortho intramolecular Hbond substituents is 1. The number of para-hydroxylation sites is 1. The first-order valence-electron chi connectivity index (χ1n) is 8.12. The van der Waals surface area contributed by atoms with E-state index in [2.05, 4.69) is 15.8 Å². The Balaban J connectivity index is 1.70. The SMILES string of the molecule is CC(=NNC(=O)c1ccccc1O)c1cccc(NC(=O)c2ccco2)c1. The molecule has 0 unspecified atom stereocenters. The second-order valence-corrected chi connectivity index (χ2v) is 5.67. The third-order valence-electron chi connectivity index (χ3n) is 3.76. The van der Waals surface area contributed by atoms with Crippen LogP contribution in [0.5, 0.6) is 5.75 Å². The topological polar surface area (TPSA) is 104 Å². The predicted octanol–water partition coefficient (Wildman–Crippen LogP) is 3.39. The number of aromatic hydroxyl groups is 1. The van der Waals surface area contributed by atoms with Crippen molar-refractivity contribution in [3.63, 3.8) is 0 Å². The average molecular weight is 363 g/mol. The van der Waals surface area contributed by atoms with Crippen LogP contribution in [-0.4, -0.2) is 22.6 Å². The number of furan rings is 1. The molecule has 27 heavy (non-hydrogen) atoms. The molecule has 0 aliphatic heterocycles. The van der Waals surface area contributed by atoms with Crippen molar-refractivity contribution in [2.75, 3.05) is 5.32 Å². The maximum Gasteiger partial charge on any atom is 0.291 e. The van der Waals surface area contributed by atoms with Gasteiger partial charge in [-0.3, -0.25) is 9.59 Å². The highest BCUT2D eigenvalue weighted by molar-refractivity contribution is 6.05. The van der Waals surface area contributed by atoms with Gasteiger partial charge in [0.05, 0.1) is 17.5 Å². The number of hydrogen-bond donors (Lipinski definition) is 3. The van der Waals surface area contributed by atoms with Crippen LogP contribution in [0, 0.1) is 0 Å². The minimum absolute atomic E-state index is 0.120. The zero-order valence-electron chi connectivity index (χ0n) is 14.5. The van der Waals surface area contributed by atoms with Gasteiger partial charge in [0.2, 0.25) is 0 Å². The predicted molar refractivity (Wildman–Crippen MR) is 101 cm³/mol. The summed E-state index contributed by atoms with van der Waals surface area (Å²) in [7, 11) is 0. The van der Waals surface area contributed by atoms with E-state index in [1.165, 1.54) is 18.4 Å². The summed E-state index contributed by atoms with van der Waals surface area (Å²) in [5.41, 5.74) is 4.35. The number of nitrogens with one attached hydrogen (secondary N) is 2. The van der Waals surface area contributed by atoms with Gasteiger partial charge in [0, 0.05) is 5.69 Å². The number of phenols is 1. The van der Waals surface area contributed by atoms with Gasteiger partial charge in [-0.05, 0) is 48.9 Å². The number of rotatable bonds is 5. The lowest BCUT2D eigenvalue weighted by atomic mass is 10.1. The minimum atomic E-state index is -0.519. The molecule has 1 aromatic heterocycles. The monoisotopic (exact) mass is 363 g/mol. The Kier molecular flexibility index (Phi) is 5.32. The second kappa shape index (κ2) is 8.01. The van der Waals surface area contributed by atoms with E-state index in [4.69, 9.17) is 4.42 Å². The summed E-state index contributed by atoms with van der Waals surface area (Å²) in [6.07, 6.45) is 1.43. The van der Waals surface area contributed by atoms with E-state index in [9.17, 15) is 14.7 Å². The van der Waals surface area contributed by atoms with Gasteiger partial charge in [0.25, 0.3) is 11.8 Å². The van der Waals surface area contributed by atoms with Crippen LogP contribution in [-0.2, 0) is 0 Å². The highest BCUT2D eigenvalue weighted by atomic mass is 16.3. The van der Waals surface area contributed by atoms with E-state index in [1.54, 1.807) is 55.5 Å².